The molecule has 0 saturated heterocycles. The third-order valence-corrected chi connectivity index (χ3v) is 2.87. The van der Waals surface area contributed by atoms with Crippen molar-refractivity contribution in [2.24, 2.45) is 0 Å². The van der Waals surface area contributed by atoms with Crippen LogP contribution in [0.4, 0.5) is 20.2 Å². The van der Waals surface area contributed by atoms with Crippen molar-refractivity contribution in [3.63, 3.8) is 0 Å². The minimum atomic E-state index is -1.10. The highest BCUT2D eigenvalue weighted by atomic mass is 19.2. The van der Waals surface area contributed by atoms with E-state index in [0.29, 0.717) is 5.56 Å². The molecule has 0 unspecified atom stereocenters. The Balaban J connectivity index is 2.02. The van der Waals surface area contributed by atoms with Crippen molar-refractivity contribution in [3.05, 3.63) is 63.7 Å². The Morgan fingerprint density at radius 3 is 2.61 bits per heavy atom. The van der Waals surface area contributed by atoms with E-state index in [0.717, 1.165) is 12.1 Å². The van der Waals surface area contributed by atoms with E-state index < -0.39 is 29.1 Å². The molecule has 1 N–H and O–H groups in total. The summed E-state index contributed by atoms with van der Waals surface area (Å²) in [5, 5.41) is 13.2. The van der Waals surface area contributed by atoms with Gasteiger partial charge in [-0.2, -0.15) is 0 Å². The van der Waals surface area contributed by atoms with Crippen molar-refractivity contribution in [1.82, 2.24) is 0 Å². The van der Waals surface area contributed by atoms with Crippen LogP contribution in [0.3, 0.4) is 0 Å². The molecule has 0 fully saturated rings. The van der Waals surface area contributed by atoms with E-state index in [1.54, 1.807) is 13.0 Å². The first kappa shape index (κ1) is 16.3. The van der Waals surface area contributed by atoms with E-state index in [1.807, 2.05) is 0 Å². The molecule has 0 bridgehead atoms. The molecule has 0 aromatic heterocycles. The van der Waals surface area contributed by atoms with Crippen molar-refractivity contribution in [1.29, 1.82) is 0 Å². The van der Waals surface area contributed by atoms with Gasteiger partial charge in [0.1, 0.15) is 0 Å². The van der Waals surface area contributed by atoms with Crippen LogP contribution in [0.15, 0.2) is 36.4 Å². The van der Waals surface area contributed by atoms with Gasteiger partial charge in [-0.1, -0.05) is 6.07 Å². The average Bonchev–Trinajstić information content (AvgIpc) is 2.49. The molecule has 8 heteroatoms. The fraction of sp³-hybridized carbons (Fsp3) is 0.133. The van der Waals surface area contributed by atoms with Crippen LogP contribution in [-0.4, -0.2) is 17.4 Å². The number of carbonyl (C=O) groups is 1. The number of anilines is 1. The van der Waals surface area contributed by atoms with Crippen LogP contribution < -0.4 is 10.1 Å². The quantitative estimate of drug-likeness (QED) is 0.677. The second-order valence-corrected chi connectivity index (χ2v) is 4.69. The fourth-order valence-corrected chi connectivity index (χ4v) is 1.81. The molecule has 120 valence electrons. The van der Waals surface area contributed by atoms with Gasteiger partial charge in [0.05, 0.1) is 4.92 Å². The Labute approximate surface area is 129 Å². The van der Waals surface area contributed by atoms with Crippen LogP contribution in [0.1, 0.15) is 5.56 Å². The van der Waals surface area contributed by atoms with Crippen LogP contribution in [0, 0.1) is 28.7 Å². The summed E-state index contributed by atoms with van der Waals surface area (Å²) < 4.78 is 30.9. The topological polar surface area (TPSA) is 81.5 Å². The second-order valence-electron chi connectivity index (χ2n) is 4.69. The number of carbonyl (C=O) groups excluding carboxylic acids is 1. The molecule has 0 saturated carbocycles. The van der Waals surface area contributed by atoms with Gasteiger partial charge in [0, 0.05) is 17.8 Å². The molecule has 23 heavy (non-hydrogen) atoms. The van der Waals surface area contributed by atoms with Gasteiger partial charge in [-0.15, -0.1) is 0 Å². The van der Waals surface area contributed by atoms with Crippen molar-refractivity contribution in [2.45, 2.75) is 6.92 Å². The number of aryl methyl sites for hydroxylation is 1. The molecule has 0 aliphatic carbocycles. The number of rotatable bonds is 5. The number of ether oxygens (including phenoxy) is 1. The Hall–Kier alpha value is -3.03. The van der Waals surface area contributed by atoms with Crippen LogP contribution in [0.2, 0.25) is 0 Å². The lowest BCUT2D eigenvalue weighted by Crippen LogP contribution is -2.20. The van der Waals surface area contributed by atoms with Crippen molar-refractivity contribution >= 4 is 17.3 Å². The highest BCUT2D eigenvalue weighted by molar-refractivity contribution is 5.91. The lowest BCUT2D eigenvalue weighted by Gasteiger charge is -2.08. The summed E-state index contributed by atoms with van der Waals surface area (Å²) in [5.74, 6) is -2.85. The monoisotopic (exact) mass is 322 g/mol. The molecule has 1 amide bonds. The van der Waals surface area contributed by atoms with Crippen molar-refractivity contribution in [3.8, 4) is 5.75 Å². The van der Waals surface area contributed by atoms with Crippen molar-refractivity contribution < 1.29 is 23.2 Å². The summed E-state index contributed by atoms with van der Waals surface area (Å²) in [4.78, 5) is 22.0. The maximum Gasteiger partial charge on any atom is 0.311 e. The second kappa shape index (κ2) is 6.82. The summed E-state index contributed by atoms with van der Waals surface area (Å²) >= 11 is 0. The summed E-state index contributed by atoms with van der Waals surface area (Å²) in [6, 6.07) is 7.19. The smallest absolute Gasteiger partial charge is 0.311 e. The van der Waals surface area contributed by atoms with Gasteiger partial charge < -0.3 is 10.1 Å². The highest BCUT2D eigenvalue weighted by Crippen LogP contribution is 2.27. The number of nitrogens with one attached hydrogen (secondary N) is 1. The summed E-state index contributed by atoms with van der Waals surface area (Å²) in [6.45, 7) is 1.18. The molecular weight excluding hydrogens is 310 g/mol. The average molecular weight is 322 g/mol. The summed E-state index contributed by atoms with van der Waals surface area (Å²) in [7, 11) is 0. The van der Waals surface area contributed by atoms with Gasteiger partial charge >= 0.3 is 5.69 Å². The first-order valence-electron chi connectivity index (χ1n) is 6.49. The number of nitrogens with zero attached hydrogens (tertiary/aromatic N) is 1. The predicted molar refractivity (Wildman–Crippen MR) is 78.3 cm³/mol. The Bertz CT molecular complexity index is 765. The van der Waals surface area contributed by atoms with Gasteiger partial charge in [0.2, 0.25) is 0 Å². The molecular formula is C15H12F2N2O4. The molecule has 0 radical (unpaired) electrons. The van der Waals surface area contributed by atoms with Gasteiger partial charge in [0.25, 0.3) is 5.91 Å². The zero-order valence-corrected chi connectivity index (χ0v) is 12.0. The van der Waals surface area contributed by atoms with E-state index in [9.17, 15) is 23.7 Å². The number of hydrogen-bond acceptors (Lipinski definition) is 4. The number of benzene rings is 2. The molecule has 0 aliphatic heterocycles. The standard InChI is InChI=1S/C15H12F2N2O4/c1-9-2-5-14(13(6-9)19(21)22)23-8-15(20)18-10-3-4-11(16)12(17)7-10/h2-7H,8H2,1H3,(H,18,20). The molecule has 0 aliphatic rings. The van der Waals surface area contributed by atoms with Crippen LogP contribution in [-0.2, 0) is 4.79 Å². The van der Waals surface area contributed by atoms with E-state index in [1.165, 1.54) is 18.2 Å². The SMILES string of the molecule is Cc1ccc(OCC(=O)Nc2ccc(F)c(F)c2)c([N+](=O)[O-])c1. The third-order valence-electron chi connectivity index (χ3n) is 2.87. The summed E-state index contributed by atoms with van der Waals surface area (Å²) in [6.07, 6.45) is 0. The lowest BCUT2D eigenvalue weighted by atomic mass is 10.2. The Morgan fingerprint density at radius 2 is 1.96 bits per heavy atom. The number of halogens is 2. The van der Waals surface area contributed by atoms with Gasteiger partial charge in [-0.05, 0) is 30.7 Å². The van der Waals surface area contributed by atoms with Crippen LogP contribution in [0.5, 0.6) is 5.75 Å². The zero-order valence-electron chi connectivity index (χ0n) is 12.0. The fourth-order valence-electron chi connectivity index (χ4n) is 1.81. The first-order chi connectivity index (χ1) is 10.9. The minimum absolute atomic E-state index is 0.0518. The number of amides is 1. The molecule has 2 aromatic rings. The van der Waals surface area contributed by atoms with E-state index >= 15 is 0 Å². The first-order valence-corrected chi connectivity index (χ1v) is 6.49. The summed E-state index contributed by atoms with van der Waals surface area (Å²) in [5.41, 5.74) is 0.469. The molecule has 0 atom stereocenters. The van der Waals surface area contributed by atoms with E-state index in [-0.39, 0.29) is 17.1 Å². The number of nitro groups is 1. The zero-order chi connectivity index (χ0) is 17.0. The Kier molecular flexibility index (Phi) is 4.85. The van der Waals surface area contributed by atoms with E-state index in [2.05, 4.69) is 5.32 Å². The minimum Gasteiger partial charge on any atom is -0.477 e. The molecule has 0 spiro atoms. The van der Waals surface area contributed by atoms with Gasteiger partial charge in [-0.3, -0.25) is 14.9 Å². The Morgan fingerprint density at radius 1 is 1.22 bits per heavy atom. The molecule has 2 aromatic carbocycles. The number of nitro benzene ring substituents is 1. The highest BCUT2D eigenvalue weighted by Gasteiger charge is 2.16. The van der Waals surface area contributed by atoms with Gasteiger partial charge in [-0.25, -0.2) is 8.78 Å². The van der Waals surface area contributed by atoms with Crippen LogP contribution in [0.25, 0.3) is 0 Å². The van der Waals surface area contributed by atoms with Gasteiger partial charge in [0.15, 0.2) is 24.0 Å². The normalized spacial score (nSPS) is 10.2. The third kappa shape index (κ3) is 4.22. The molecule has 6 nitrogen and oxygen atoms in total. The maximum atomic E-state index is 13.0. The molecule has 2 rings (SSSR count). The van der Waals surface area contributed by atoms with Crippen LogP contribution >= 0.6 is 0 Å². The predicted octanol–water partition coefficient (Wildman–Crippen LogP) is 3.20. The maximum absolute atomic E-state index is 13.0. The van der Waals surface area contributed by atoms with E-state index in [4.69, 9.17) is 4.74 Å². The number of hydrogen-bond donors (Lipinski definition) is 1. The van der Waals surface area contributed by atoms with Crippen molar-refractivity contribution in [2.75, 3.05) is 11.9 Å². The lowest BCUT2D eigenvalue weighted by molar-refractivity contribution is -0.385. The molecule has 0 heterocycles. The largest absolute Gasteiger partial charge is 0.477 e.